The van der Waals surface area contributed by atoms with E-state index in [1.807, 2.05) is 6.92 Å². The molecule has 3 rings (SSSR count). The van der Waals surface area contributed by atoms with Gasteiger partial charge in [0, 0.05) is 30.9 Å². The van der Waals surface area contributed by atoms with Crippen LogP contribution >= 0.6 is 0 Å². The molecule has 1 saturated heterocycles. The Morgan fingerprint density at radius 3 is 3.25 bits per heavy atom. The maximum Gasteiger partial charge on any atom is 0.330 e. The van der Waals surface area contributed by atoms with Gasteiger partial charge in [-0.15, -0.1) is 0 Å². The molecule has 0 aromatic carbocycles. The van der Waals surface area contributed by atoms with Crippen molar-refractivity contribution in [1.82, 2.24) is 15.3 Å². The largest absolute Gasteiger partial charge is 0.464 e. The van der Waals surface area contributed by atoms with Crippen LogP contribution in [0.2, 0.25) is 0 Å². The van der Waals surface area contributed by atoms with E-state index in [2.05, 4.69) is 20.2 Å². The van der Waals surface area contributed by atoms with Gasteiger partial charge in [0.25, 0.3) is 0 Å². The second-order valence-electron chi connectivity index (χ2n) is 5.14. The number of nitrogens with zero attached hydrogens (tertiary/aromatic N) is 3. The van der Waals surface area contributed by atoms with Crippen molar-refractivity contribution in [3.8, 4) is 0 Å². The van der Waals surface area contributed by atoms with Crippen molar-refractivity contribution in [1.29, 1.82) is 0 Å². The highest BCUT2D eigenvalue weighted by Crippen LogP contribution is 2.29. The van der Waals surface area contributed by atoms with Gasteiger partial charge in [0.1, 0.15) is 18.2 Å². The molecule has 0 radical (unpaired) electrons. The topological polar surface area (TPSA) is 67.3 Å². The van der Waals surface area contributed by atoms with Crippen molar-refractivity contribution in [3.63, 3.8) is 0 Å². The molecule has 0 bridgehead atoms. The van der Waals surface area contributed by atoms with E-state index in [-0.39, 0.29) is 12.0 Å². The monoisotopic (exact) mass is 276 g/mol. The average molecular weight is 276 g/mol. The number of aryl methyl sites for hydroxylation is 1. The van der Waals surface area contributed by atoms with E-state index in [9.17, 15) is 4.79 Å². The highest BCUT2D eigenvalue weighted by molar-refractivity contribution is 5.80. The van der Waals surface area contributed by atoms with Crippen molar-refractivity contribution >= 4 is 11.8 Å². The molecule has 1 fully saturated rings. The number of nitrogens with one attached hydrogen (secondary N) is 1. The number of ether oxygens (including phenoxy) is 1. The van der Waals surface area contributed by atoms with E-state index in [1.54, 1.807) is 6.33 Å². The average Bonchev–Trinajstić information content (AvgIpc) is 2.96. The molecule has 108 valence electrons. The summed E-state index contributed by atoms with van der Waals surface area (Å²) in [5.74, 6) is 0.747. The lowest BCUT2D eigenvalue weighted by Gasteiger charge is -2.36. The zero-order valence-electron chi connectivity index (χ0n) is 11.8. The Bertz CT molecular complexity index is 506. The standard InChI is InChI=1S/C14H20N4O2/c1-2-20-14(19)12-8-15-6-7-18(12)13-10-4-3-5-11(10)16-9-17-13/h9,12,15H,2-8H2,1H3. The molecule has 1 aliphatic carbocycles. The number of carbonyl (C=O) groups excluding carboxylic acids is 1. The first-order chi connectivity index (χ1) is 9.81. The van der Waals surface area contributed by atoms with Gasteiger partial charge in [-0.2, -0.15) is 0 Å². The minimum atomic E-state index is -0.289. The van der Waals surface area contributed by atoms with E-state index >= 15 is 0 Å². The summed E-state index contributed by atoms with van der Waals surface area (Å²) < 4.78 is 5.19. The second kappa shape index (κ2) is 5.75. The molecule has 1 N–H and O–H groups in total. The lowest BCUT2D eigenvalue weighted by Crippen LogP contribution is -2.56. The zero-order chi connectivity index (χ0) is 13.9. The van der Waals surface area contributed by atoms with E-state index in [0.29, 0.717) is 13.2 Å². The fraction of sp³-hybridized carbons (Fsp3) is 0.643. The smallest absolute Gasteiger partial charge is 0.330 e. The number of hydrogen-bond donors (Lipinski definition) is 1. The van der Waals surface area contributed by atoms with E-state index < -0.39 is 0 Å². The number of piperazine rings is 1. The summed E-state index contributed by atoms with van der Waals surface area (Å²) in [5, 5.41) is 3.26. The molecule has 1 aliphatic heterocycles. The molecular weight excluding hydrogens is 256 g/mol. The minimum absolute atomic E-state index is 0.176. The molecule has 2 aliphatic rings. The van der Waals surface area contributed by atoms with Crippen LogP contribution in [-0.2, 0) is 22.4 Å². The Morgan fingerprint density at radius 1 is 1.50 bits per heavy atom. The summed E-state index contributed by atoms with van der Waals surface area (Å²) in [6.45, 7) is 4.48. The van der Waals surface area contributed by atoms with Crippen molar-refractivity contribution in [2.45, 2.75) is 32.2 Å². The Labute approximate surface area is 118 Å². The van der Waals surface area contributed by atoms with Gasteiger partial charge >= 0.3 is 5.97 Å². The van der Waals surface area contributed by atoms with Crippen LogP contribution in [0.15, 0.2) is 6.33 Å². The Hall–Kier alpha value is -1.69. The Balaban J connectivity index is 1.90. The second-order valence-corrected chi connectivity index (χ2v) is 5.14. The summed E-state index contributed by atoms with van der Waals surface area (Å²) >= 11 is 0. The van der Waals surface area contributed by atoms with Gasteiger partial charge in [0.05, 0.1) is 6.61 Å². The van der Waals surface area contributed by atoms with Crippen LogP contribution in [0.1, 0.15) is 24.6 Å². The fourth-order valence-corrected chi connectivity index (χ4v) is 3.00. The van der Waals surface area contributed by atoms with Crippen LogP contribution in [0.25, 0.3) is 0 Å². The number of rotatable bonds is 3. The maximum absolute atomic E-state index is 12.1. The van der Waals surface area contributed by atoms with Crippen molar-refractivity contribution < 1.29 is 9.53 Å². The van der Waals surface area contributed by atoms with E-state index in [4.69, 9.17) is 4.74 Å². The molecule has 2 heterocycles. The van der Waals surface area contributed by atoms with E-state index in [1.165, 1.54) is 5.56 Å². The highest BCUT2D eigenvalue weighted by atomic mass is 16.5. The van der Waals surface area contributed by atoms with Crippen LogP contribution in [0, 0.1) is 0 Å². The third kappa shape index (κ3) is 2.35. The molecule has 1 aromatic rings. The predicted octanol–water partition coefficient (Wildman–Crippen LogP) is 0.307. The number of fused-ring (bicyclic) bond motifs is 1. The van der Waals surface area contributed by atoms with Crippen molar-refractivity contribution in [2.75, 3.05) is 31.1 Å². The van der Waals surface area contributed by atoms with Gasteiger partial charge in [0.15, 0.2) is 0 Å². The summed E-state index contributed by atoms with van der Waals surface area (Å²) in [7, 11) is 0. The van der Waals surface area contributed by atoms with Gasteiger partial charge in [-0.25, -0.2) is 14.8 Å². The predicted molar refractivity (Wildman–Crippen MR) is 74.7 cm³/mol. The maximum atomic E-state index is 12.1. The quantitative estimate of drug-likeness (QED) is 0.801. The molecule has 0 saturated carbocycles. The number of carbonyl (C=O) groups is 1. The van der Waals surface area contributed by atoms with E-state index in [0.717, 1.165) is 43.9 Å². The number of aromatic nitrogens is 2. The summed E-state index contributed by atoms with van der Waals surface area (Å²) in [6, 6.07) is -0.289. The SMILES string of the molecule is CCOC(=O)C1CNCCN1c1ncnc2c1CCC2. The lowest BCUT2D eigenvalue weighted by molar-refractivity contribution is -0.144. The lowest BCUT2D eigenvalue weighted by atomic mass is 10.1. The summed E-state index contributed by atoms with van der Waals surface area (Å²) in [6.07, 6.45) is 4.76. The Morgan fingerprint density at radius 2 is 2.40 bits per heavy atom. The first kappa shape index (κ1) is 13.3. The van der Waals surface area contributed by atoms with Gasteiger partial charge in [-0.05, 0) is 26.2 Å². The molecule has 1 atom stereocenters. The van der Waals surface area contributed by atoms with Crippen LogP contribution in [0.3, 0.4) is 0 Å². The van der Waals surface area contributed by atoms with Crippen molar-refractivity contribution in [2.24, 2.45) is 0 Å². The summed E-state index contributed by atoms with van der Waals surface area (Å²) in [4.78, 5) is 23.0. The molecule has 20 heavy (non-hydrogen) atoms. The normalized spacial score (nSPS) is 21.6. The number of anilines is 1. The third-order valence-electron chi connectivity index (χ3n) is 3.93. The highest BCUT2D eigenvalue weighted by Gasteiger charge is 2.33. The first-order valence-electron chi connectivity index (χ1n) is 7.28. The van der Waals surface area contributed by atoms with Crippen LogP contribution < -0.4 is 10.2 Å². The summed E-state index contributed by atoms with van der Waals surface area (Å²) in [5.41, 5.74) is 2.35. The zero-order valence-corrected chi connectivity index (χ0v) is 11.8. The van der Waals surface area contributed by atoms with Crippen molar-refractivity contribution in [3.05, 3.63) is 17.6 Å². The molecule has 6 heteroatoms. The fourth-order valence-electron chi connectivity index (χ4n) is 3.00. The first-order valence-corrected chi connectivity index (χ1v) is 7.28. The molecular formula is C14H20N4O2. The van der Waals surface area contributed by atoms with Gasteiger partial charge in [-0.3, -0.25) is 0 Å². The number of esters is 1. The third-order valence-corrected chi connectivity index (χ3v) is 3.93. The van der Waals surface area contributed by atoms with Gasteiger partial charge in [-0.1, -0.05) is 0 Å². The molecule has 1 aromatic heterocycles. The van der Waals surface area contributed by atoms with Crippen LogP contribution in [0.5, 0.6) is 0 Å². The van der Waals surface area contributed by atoms with Crippen LogP contribution in [0.4, 0.5) is 5.82 Å². The Kier molecular flexibility index (Phi) is 3.82. The minimum Gasteiger partial charge on any atom is -0.464 e. The van der Waals surface area contributed by atoms with Gasteiger partial charge < -0.3 is 15.0 Å². The number of hydrogen-bond acceptors (Lipinski definition) is 6. The molecule has 6 nitrogen and oxygen atoms in total. The molecule has 1 unspecified atom stereocenters. The van der Waals surface area contributed by atoms with Gasteiger partial charge in [0.2, 0.25) is 0 Å². The molecule has 0 spiro atoms. The van der Waals surface area contributed by atoms with Crippen LogP contribution in [-0.4, -0.2) is 48.2 Å². The molecule has 0 amide bonds.